The Morgan fingerprint density at radius 3 is 2.75 bits per heavy atom. The quantitative estimate of drug-likeness (QED) is 0.709. The number of rotatable bonds is 5. The third-order valence-corrected chi connectivity index (χ3v) is 10.8. The molecular weight excluding hydrogens is 398 g/mol. The molecule has 7 rings (SSSR count). The number of carbonyl (C=O) groups is 1. The lowest BCUT2D eigenvalue weighted by molar-refractivity contribution is 0.130. The first-order chi connectivity index (χ1) is 15.4. The Hall–Kier alpha value is -1.75. The van der Waals surface area contributed by atoms with Gasteiger partial charge in [-0.3, -0.25) is 0 Å². The van der Waals surface area contributed by atoms with E-state index in [2.05, 4.69) is 35.0 Å². The summed E-state index contributed by atoms with van der Waals surface area (Å²) in [5, 5.41) is 0. The fourth-order valence-electron chi connectivity index (χ4n) is 10.0. The predicted octanol–water partition coefficient (Wildman–Crippen LogP) is 3.61. The molecule has 32 heavy (non-hydrogen) atoms. The monoisotopic (exact) mass is 435 g/mol. The van der Waals surface area contributed by atoms with Gasteiger partial charge in [0.05, 0.1) is 7.11 Å². The molecule has 0 aromatic heterocycles. The first-order valence-electron chi connectivity index (χ1n) is 12.7. The van der Waals surface area contributed by atoms with Crippen LogP contribution in [0.2, 0.25) is 0 Å². The third kappa shape index (κ3) is 2.01. The van der Waals surface area contributed by atoms with Gasteiger partial charge in [-0.15, -0.1) is 0 Å². The van der Waals surface area contributed by atoms with E-state index in [9.17, 15) is 4.79 Å². The van der Waals surface area contributed by atoms with Crippen molar-refractivity contribution in [3.63, 3.8) is 0 Å². The number of ether oxygens (including phenoxy) is 1. The lowest BCUT2D eigenvalue weighted by atomic mass is 9.70. The fourth-order valence-corrected chi connectivity index (χ4v) is 10.0. The molecule has 0 N–H and O–H groups in total. The lowest BCUT2D eigenvalue weighted by Gasteiger charge is -2.39. The van der Waals surface area contributed by atoms with Crippen molar-refractivity contribution in [3.05, 3.63) is 29.3 Å². The van der Waals surface area contributed by atoms with Crippen LogP contribution in [0.3, 0.4) is 0 Å². The summed E-state index contributed by atoms with van der Waals surface area (Å²) in [6, 6.07) is 7.52. The zero-order valence-corrected chi connectivity index (χ0v) is 20.1. The van der Waals surface area contributed by atoms with Gasteiger partial charge in [-0.2, -0.15) is 0 Å². The number of likely N-dealkylation sites (tertiary alicyclic amines) is 1. The van der Waals surface area contributed by atoms with Crippen LogP contribution in [-0.2, 0) is 11.8 Å². The molecule has 6 atom stereocenters. The third-order valence-electron chi connectivity index (χ3n) is 10.8. The molecule has 1 aromatic carbocycles. The van der Waals surface area contributed by atoms with E-state index in [1.807, 2.05) is 14.1 Å². The summed E-state index contributed by atoms with van der Waals surface area (Å²) in [6.45, 7) is 3.44. The Kier molecular flexibility index (Phi) is 3.71. The van der Waals surface area contributed by atoms with E-state index in [1.165, 1.54) is 51.6 Å². The van der Waals surface area contributed by atoms with Crippen LogP contribution in [0.5, 0.6) is 5.75 Å². The summed E-state index contributed by atoms with van der Waals surface area (Å²) in [5.41, 5.74) is 4.19. The summed E-state index contributed by atoms with van der Waals surface area (Å²) in [5.74, 6) is 3.20. The number of nitrogens with zero attached hydrogens (tertiary/aromatic N) is 3. The topological polar surface area (TPSA) is 36.0 Å². The minimum Gasteiger partial charge on any atom is -0.497 e. The normalized spacial score (nSPS) is 42.0. The number of carbonyl (C=O) groups excluding carboxylic acids is 1. The highest BCUT2D eigenvalue weighted by molar-refractivity contribution is 5.76. The van der Waals surface area contributed by atoms with Crippen molar-refractivity contribution >= 4 is 6.03 Å². The number of benzene rings is 1. The zero-order chi connectivity index (χ0) is 22.0. The number of methoxy groups -OCH3 is 1. The van der Waals surface area contributed by atoms with Gasteiger partial charge < -0.3 is 19.4 Å². The van der Waals surface area contributed by atoms with Crippen molar-refractivity contribution in [2.24, 2.45) is 28.6 Å². The molecule has 5 unspecified atom stereocenters. The van der Waals surface area contributed by atoms with Gasteiger partial charge in [0.15, 0.2) is 0 Å². The second-order valence-electron chi connectivity index (χ2n) is 12.2. The molecule has 2 bridgehead atoms. The van der Waals surface area contributed by atoms with Crippen LogP contribution in [0.25, 0.3) is 0 Å². The van der Waals surface area contributed by atoms with Crippen LogP contribution in [0.1, 0.15) is 43.2 Å². The molecule has 0 radical (unpaired) electrons. The number of fused-ring (bicyclic) bond motifs is 1. The maximum atomic E-state index is 13.1. The average molecular weight is 436 g/mol. The number of hydrogen-bond acceptors (Lipinski definition) is 3. The van der Waals surface area contributed by atoms with Crippen molar-refractivity contribution in [1.29, 1.82) is 0 Å². The molecule has 1 aromatic rings. The Morgan fingerprint density at radius 2 is 2.03 bits per heavy atom. The first-order valence-corrected chi connectivity index (χ1v) is 12.7. The standard InChI is InChI=1S/C27H37N3O2/c1-28(2)24(31)30-15-19-13-25-10-9-22(30)23(19)27(25)21-11-20(32-4)8-7-18(21)12-26(25,27)16-29(3)14-17-5-6-17/h7-8,11,17,19,22-23H,5-6,9-10,12-16H2,1-4H3/t19-,22?,23?,25?,26?,27?/m1/s1. The minimum atomic E-state index is 0.217. The van der Waals surface area contributed by atoms with Crippen LogP contribution in [0, 0.1) is 28.6 Å². The molecule has 1 aliphatic heterocycles. The summed E-state index contributed by atoms with van der Waals surface area (Å²) in [4.78, 5) is 19.8. The van der Waals surface area contributed by atoms with Gasteiger partial charge >= 0.3 is 6.03 Å². The molecule has 6 aliphatic rings. The molecule has 5 fully saturated rings. The molecule has 5 heteroatoms. The summed E-state index contributed by atoms with van der Waals surface area (Å²) in [6.07, 6.45) is 7.85. The second-order valence-corrected chi connectivity index (χ2v) is 12.2. The van der Waals surface area contributed by atoms with E-state index < -0.39 is 0 Å². The maximum absolute atomic E-state index is 13.1. The lowest BCUT2D eigenvalue weighted by Crippen LogP contribution is -2.47. The van der Waals surface area contributed by atoms with Crippen molar-refractivity contribution in [3.8, 4) is 5.75 Å². The van der Waals surface area contributed by atoms with Gasteiger partial charge in [0.1, 0.15) is 5.75 Å². The Morgan fingerprint density at radius 1 is 1.22 bits per heavy atom. The van der Waals surface area contributed by atoms with Crippen molar-refractivity contribution in [1.82, 2.24) is 14.7 Å². The van der Waals surface area contributed by atoms with Crippen LogP contribution in [0.15, 0.2) is 18.2 Å². The molecule has 1 saturated heterocycles. The van der Waals surface area contributed by atoms with Crippen LogP contribution in [-0.4, -0.2) is 74.7 Å². The van der Waals surface area contributed by atoms with Crippen molar-refractivity contribution in [2.75, 3.05) is 47.9 Å². The maximum Gasteiger partial charge on any atom is 0.319 e. The molecule has 5 nitrogen and oxygen atoms in total. The average Bonchev–Trinajstić information content (AvgIpc) is 3.53. The van der Waals surface area contributed by atoms with E-state index in [0.29, 0.717) is 28.7 Å². The smallest absolute Gasteiger partial charge is 0.319 e. The minimum absolute atomic E-state index is 0.217. The van der Waals surface area contributed by atoms with E-state index in [-0.39, 0.29) is 11.4 Å². The van der Waals surface area contributed by atoms with Gasteiger partial charge in [-0.05, 0) is 92.0 Å². The molecule has 1 spiro atoms. The first kappa shape index (κ1) is 19.7. The number of amides is 2. The molecule has 5 aliphatic carbocycles. The van der Waals surface area contributed by atoms with Crippen molar-refractivity contribution < 1.29 is 9.53 Å². The molecule has 1 heterocycles. The highest BCUT2D eigenvalue weighted by atomic mass is 16.5. The van der Waals surface area contributed by atoms with E-state index >= 15 is 0 Å². The van der Waals surface area contributed by atoms with Gasteiger partial charge in [-0.1, -0.05) is 6.07 Å². The second kappa shape index (κ2) is 6.02. The number of hydrogen-bond donors (Lipinski definition) is 0. The Balaban J connectivity index is 1.34. The van der Waals surface area contributed by atoms with Gasteiger partial charge in [0.2, 0.25) is 0 Å². The van der Waals surface area contributed by atoms with Gasteiger partial charge in [-0.25, -0.2) is 4.79 Å². The van der Waals surface area contributed by atoms with E-state index in [4.69, 9.17) is 4.74 Å². The fraction of sp³-hybridized carbons (Fsp3) is 0.741. The highest BCUT2D eigenvalue weighted by Crippen LogP contribution is 2.95. The van der Waals surface area contributed by atoms with E-state index in [0.717, 1.165) is 18.2 Å². The van der Waals surface area contributed by atoms with Gasteiger partial charge in [0.25, 0.3) is 0 Å². The number of urea groups is 1. The summed E-state index contributed by atoms with van der Waals surface area (Å²) >= 11 is 0. The largest absolute Gasteiger partial charge is 0.497 e. The summed E-state index contributed by atoms with van der Waals surface area (Å²) < 4.78 is 5.72. The summed E-state index contributed by atoms with van der Waals surface area (Å²) in [7, 11) is 7.98. The molecule has 2 amide bonds. The van der Waals surface area contributed by atoms with Crippen LogP contribution >= 0.6 is 0 Å². The van der Waals surface area contributed by atoms with Crippen LogP contribution in [0.4, 0.5) is 4.79 Å². The zero-order valence-electron chi connectivity index (χ0n) is 20.1. The predicted molar refractivity (Wildman–Crippen MR) is 124 cm³/mol. The Labute approximate surface area is 192 Å². The Bertz CT molecular complexity index is 1000. The molecule has 172 valence electrons. The van der Waals surface area contributed by atoms with Crippen molar-refractivity contribution in [2.45, 2.75) is 50.0 Å². The van der Waals surface area contributed by atoms with E-state index in [1.54, 1.807) is 23.1 Å². The van der Waals surface area contributed by atoms with Crippen LogP contribution < -0.4 is 4.74 Å². The molecule has 4 saturated carbocycles. The SMILES string of the molecule is COc1ccc2c(c1)C13C4C5CCC1(C[C@@H]4CN5C(=O)N(C)C)C3(CN(C)CC1CC1)C2. The molecular formula is C27H37N3O2. The van der Waals surface area contributed by atoms with Gasteiger partial charge in [0, 0.05) is 50.6 Å². The highest BCUT2D eigenvalue weighted by Gasteiger charge is 2.96.